The van der Waals surface area contributed by atoms with Crippen LogP contribution < -0.4 is 0 Å². The first-order valence-corrected chi connectivity index (χ1v) is 5.51. The summed E-state index contributed by atoms with van der Waals surface area (Å²) >= 11 is 0. The van der Waals surface area contributed by atoms with Gasteiger partial charge in [-0.2, -0.15) is 0 Å². The molecule has 0 aliphatic heterocycles. The molecule has 0 bridgehead atoms. The van der Waals surface area contributed by atoms with Gasteiger partial charge < -0.3 is 10.2 Å². The molecule has 0 aliphatic carbocycles. The Morgan fingerprint density at radius 2 is 1.69 bits per heavy atom. The predicted molar refractivity (Wildman–Crippen MR) is 65.3 cm³/mol. The Balaban J connectivity index is 2.37. The highest BCUT2D eigenvalue weighted by molar-refractivity contribution is 5.85. The minimum Gasteiger partial charge on any atom is -0.391 e. The summed E-state index contributed by atoms with van der Waals surface area (Å²) in [5, 5.41) is 21.3. The van der Waals surface area contributed by atoms with Gasteiger partial charge in [-0.25, -0.2) is 0 Å². The average Bonchev–Trinajstić information content (AvgIpc) is 2.29. The number of hydrogen-bond donors (Lipinski definition) is 2. The van der Waals surface area contributed by atoms with Crippen LogP contribution >= 0.6 is 0 Å². The minimum absolute atomic E-state index is 0.485. The molecule has 0 heterocycles. The lowest BCUT2D eigenvalue weighted by molar-refractivity contribution is 0.0321. The first-order valence-electron chi connectivity index (χ1n) is 5.51. The van der Waals surface area contributed by atoms with Crippen LogP contribution in [-0.2, 0) is 6.42 Å². The third kappa shape index (κ3) is 2.23. The van der Waals surface area contributed by atoms with Crippen molar-refractivity contribution >= 4 is 10.8 Å². The number of aliphatic hydroxyl groups is 2. The fourth-order valence-corrected chi connectivity index (χ4v) is 1.87. The maximum absolute atomic E-state index is 9.69. The van der Waals surface area contributed by atoms with E-state index in [1.54, 1.807) is 6.92 Å². The van der Waals surface area contributed by atoms with Gasteiger partial charge >= 0.3 is 0 Å². The fraction of sp³-hybridized carbons (Fsp3) is 0.286. The Hall–Kier alpha value is -1.38. The van der Waals surface area contributed by atoms with E-state index in [4.69, 9.17) is 0 Å². The van der Waals surface area contributed by atoms with E-state index in [1.807, 2.05) is 42.5 Å². The molecule has 0 saturated heterocycles. The van der Waals surface area contributed by atoms with Gasteiger partial charge in [-0.1, -0.05) is 42.5 Å². The molecule has 0 radical (unpaired) electrons. The van der Waals surface area contributed by atoms with E-state index in [2.05, 4.69) is 0 Å². The summed E-state index contributed by atoms with van der Waals surface area (Å²) in [7, 11) is 0. The summed E-state index contributed by atoms with van der Waals surface area (Å²) in [6.07, 6.45) is -0.913. The van der Waals surface area contributed by atoms with Gasteiger partial charge in [0.25, 0.3) is 0 Å². The van der Waals surface area contributed by atoms with Crippen LogP contribution in [0.25, 0.3) is 10.8 Å². The molecule has 2 rings (SSSR count). The highest BCUT2D eigenvalue weighted by atomic mass is 16.3. The first-order chi connectivity index (χ1) is 7.68. The SMILES string of the molecule is CC(O)C(O)Cc1cccc2ccccc12. The minimum atomic E-state index is -0.703. The van der Waals surface area contributed by atoms with Gasteiger partial charge in [0.05, 0.1) is 12.2 Å². The standard InChI is InChI=1S/C14H16O2/c1-10(15)14(16)9-12-7-4-6-11-5-2-3-8-13(11)12/h2-8,10,14-16H,9H2,1H3. The summed E-state index contributed by atoms with van der Waals surface area (Å²) in [4.78, 5) is 0. The summed E-state index contributed by atoms with van der Waals surface area (Å²) in [5.74, 6) is 0. The zero-order chi connectivity index (χ0) is 11.5. The molecular formula is C14H16O2. The molecule has 2 unspecified atom stereocenters. The van der Waals surface area contributed by atoms with Crippen molar-refractivity contribution in [2.24, 2.45) is 0 Å². The van der Waals surface area contributed by atoms with Crippen molar-refractivity contribution in [1.82, 2.24) is 0 Å². The lowest BCUT2D eigenvalue weighted by atomic mass is 9.98. The van der Waals surface area contributed by atoms with Crippen molar-refractivity contribution < 1.29 is 10.2 Å². The Labute approximate surface area is 95.2 Å². The molecule has 2 aromatic carbocycles. The fourth-order valence-electron chi connectivity index (χ4n) is 1.87. The Morgan fingerprint density at radius 3 is 2.44 bits per heavy atom. The number of aliphatic hydroxyl groups excluding tert-OH is 2. The summed E-state index contributed by atoms with van der Waals surface area (Å²) in [5.41, 5.74) is 1.08. The largest absolute Gasteiger partial charge is 0.391 e. The lowest BCUT2D eigenvalue weighted by Crippen LogP contribution is -2.24. The van der Waals surface area contributed by atoms with Crippen LogP contribution in [0.5, 0.6) is 0 Å². The second kappa shape index (κ2) is 4.64. The summed E-state index contributed by atoms with van der Waals surface area (Å²) in [6.45, 7) is 1.61. The molecule has 0 amide bonds. The van der Waals surface area contributed by atoms with Crippen molar-refractivity contribution in [3.63, 3.8) is 0 Å². The summed E-state index contributed by atoms with van der Waals surface area (Å²) < 4.78 is 0. The van der Waals surface area contributed by atoms with E-state index < -0.39 is 12.2 Å². The van der Waals surface area contributed by atoms with Gasteiger partial charge in [-0.3, -0.25) is 0 Å². The van der Waals surface area contributed by atoms with Crippen LogP contribution in [0.1, 0.15) is 12.5 Å². The summed E-state index contributed by atoms with van der Waals surface area (Å²) in [6, 6.07) is 14.1. The highest BCUT2D eigenvalue weighted by Crippen LogP contribution is 2.20. The van der Waals surface area contributed by atoms with Gasteiger partial charge in [-0.05, 0) is 23.3 Å². The normalized spacial score (nSPS) is 14.9. The Morgan fingerprint density at radius 1 is 1.00 bits per heavy atom. The smallest absolute Gasteiger partial charge is 0.0836 e. The van der Waals surface area contributed by atoms with Gasteiger partial charge in [0.15, 0.2) is 0 Å². The van der Waals surface area contributed by atoms with E-state index >= 15 is 0 Å². The van der Waals surface area contributed by atoms with Crippen LogP contribution in [0.15, 0.2) is 42.5 Å². The van der Waals surface area contributed by atoms with Crippen molar-refractivity contribution in [3.8, 4) is 0 Å². The molecule has 0 spiro atoms. The van der Waals surface area contributed by atoms with Gasteiger partial charge in [0, 0.05) is 6.42 Å². The van der Waals surface area contributed by atoms with Gasteiger partial charge in [-0.15, -0.1) is 0 Å². The van der Waals surface area contributed by atoms with Gasteiger partial charge in [0.1, 0.15) is 0 Å². The molecule has 16 heavy (non-hydrogen) atoms. The van der Waals surface area contributed by atoms with Crippen LogP contribution in [0, 0.1) is 0 Å². The maximum Gasteiger partial charge on any atom is 0.0836 e. The average molecular weight is 216 g/mol. The maximum atomic E-state index is 9.69. The van der Waals surface area contributed by atoms with E-state index in [1.165, 1.54) is 0 Å². The number of benzene rings is 2. The predicted octanol–water partition coefficient (Wildman–Crippen LogP) is 2.12. The second-order valence-corrected chi connectivity index (χ2v) is 4.15. The molecule has 2 atom stereocenters. The van der Waals surface area contributed by atoms with Crippen molar-refractivity contribution in [2.75, 3.05) is 0 Å². The highest BCUT2D eigenvalue weighted by Gasteiger charge is 2.12. The van der Waals surface area contributed by atoms with E-state index in [0.717, 1.165) is 16.3 Å². The van der Waals surface area contributed by atoms with E-state index in [-0.39, 0.29) is 0 Å². The van der Waals surface area contributed by atoms with Gasteiger partial charge in [0.2, 0.25) is 0 Å². The zero-order valence-corrected chi connectivity index (χ0v) is 9.30. The van der Waals surface area contributed by atoms with Crippen molar-refractivity contribution in [1.29, 1.82) is 0 Å². The molecule has 0 fully saturated rings. The zero-order valence-electron chi connectivity index (χ0n) is 9.30. The quantitative estimate of drug-likeness (QED) is 0.825. The Kier molecular flexibility index (Phi) is 3.22. The van der Waals surface area contributed by atoms with Crippen LogP contribution in [0.2, 0.25) is 0 Å². The van der Waals surface area contributed by atoms with Crippen LogP contribution in [-0.4, -0.2) is 22.4 Å². The lowest BCUT2D eigenvalue weighted by Gasteiger charge is -2.14. The van der Waals surface area contributed by atoms with Crippen LogP contribution in [0.4, 0.5) is 0 Å². The third-order valence-electron chi connectivity index (χ3n) is 2.87. The Bertz CT molecular complexity index is 472. The third-order valence-corrected chi connectivity index (χ3v) is 2.87. The first kappa shape index (κ1) is 11.1. The number of fused-ring (bicyclic) bond motifs is 1. The topological polar surface area (TPSA) is 40.5 Å². The molecule has 0 saturated carbocycles. The number of rotatable bonds is 3. The molecule has 2 N–H and O–H groups in total. The molecule has 0 aliphatic rings. The molecular weight excluding hydrogens is 200 g/mol. The number of hydrogen-bond acceptors (Lipinski definition) is 2. The monoisotopic (exact) mass is 216 g/mol. The molecule has 2 aromatic rings. The van der Waals surface area contributed by atoms with E-state index in [9.17, 15) is 10.2 Å². The molecule has 84 valence electrons. The second-order valence-electron chi connectivity index (χ2n) is 4.15. The molecule has 2 heteroatoms. The van der Waals surface area contributed by atoms with Crippen molar-refractivity contribution in [2.45, 2.75) is 25.6 Å². The molecule has 2 nitrogen and oxygen atoms in total. The van der Waals surface area contributed by atoms with E-state index in [0.29, 0.717) is 6.42 Å². The van der Waals surface area contributed by atoms with Crippen molar-refractivity contribution in [3.05, 3.63) is 48.0 Å². The van der Waals surface area contributed by atoms with Crippen LogP contribution in [0.3, 0.4) is 0 Å². The molecule has 0 aromatic heterocycles.